The molecule has 0 spiro atoms. The van der Waals surface area contributed by atoms with Crippen molar-refractivity contribution in [2.24, 2.45) is 21.2 Å². The first-order chi connectivity index (χ1) is 54.3. The standard InChI is InChI=1S/C82H105N15O14SSi/c1-55-41-68(89-90-73(55)87-78-95(54-108-39-40-113(8,9)10)63-18-12-13-20-66(63)112-78)94(31-15-11-14-30-93-43-58(88-91-93)45-107-38-37-106-36-35-105-33-29-83-70(99)46-109-65-19-16-17-61-71(65)76(102)97(75(61)101)64-26-28-69(98)86-74(64)100)67-27-25-60(72(85-67)77(103)110-44-57-21-23-59(104-7)24-22-57)62-42-84-96(56(62)2)53-81-48-79(3)47-80(4,49-81)51-82(50-79,52-81)111-34-32-92(5)6/h12-13,16-25,27,41-43,64H,11,14-15,26,28-40,44-54H2,1-10H3,(H,83,99)(H,86,98,100). The number of amides is 5. The van der Waals surface area contributed by atoms with E-state index in [0.29, 0.717) is 93.7 Å². The minimum atomic E-state index is -1.33. The Bertz CT molecular complexity index is 4820. The van der Waals surface area contributed by atoms with Crippen LogP contribution >= 0.6 is 11.3 Å². The number of hydrogen-bond donors (Lipinski definition) is 2. The third-order valence-corrected chi connectivity index (χ3v) is 24.6. The zero-order chi connectivity index (χ0) is 79.7. The molecule has 4 bridgehead atoms. The molecule has 29 nitrogen and oxygen atoms in total. The molecule has 2 N–H and O–H groups in total. The van der Waals surface area contributed by atoms with Gasteiger partial charge < -0.3 is 53.0 Å². The van der Waals surface area contributed by atoms with Crippen LogP contribution in [-0.4, -0.2) is 203 Å². The Hall–Kier alpha value is -9.47. The summed E-state index contributed by atoms with van der Waals surface area (Å²) in [7, 11) is 4.49. The van der Waals surface area contributed by atoms with E-state index in [1.807, 2.05) is 83.5 Å². The number of nitrogens with one attached hydrogen (secondary N) is 2. The number of aryl methyl sites for hydroxylation is 2. The van der Waals surface area contributed by atoms with E-state index in [1.54, 1.807) is 18.4 Å². The number of anilines is 2. The fraction of sp³-hybridized carbons (Fsp3) is 0.524. The van der Waals surface area contributed by atoms with Gasteiger partial charge in [-0.25, -0.2) is 9.78 Å². The van der Waals surface area contributed by atoms with Crippen LogP contribution in [0.1, 0.15) is 138 Å². The van der Waals surface area contributed by atoms with Crippen LogP contribution in [0, 0.1) is 30.1 Å². The summed E-state index contributed by atoms with van der Waals surface area (Å²) in [6.45, 7) is 21.9. The maximum Gasteiger partial charge on any atom is 0.358 e. The highest BCUT2D eigenvalue weighted by atomic mass is 32.1. The molecule has 4 saturated carbocycles. The fourth-order valence-electron chi connectivity index (χ4n) is 17.5. The van der Waals surface area contributed by atoms with Crippen LogP contribution in [0.4, 0.5) is 17.5 Å². The van der Waals surface area contributed by atoms with Gasteiger partial charge in [0.15, 0.2) is 28.7 Å². The maximum atomic E-state index is 15.0. The number of aromatic nitrogens is 9. The average molecular weight is 1580 g/mol. The van der Waals surface area contributed by atoms with E-state index < -0.39 is 56.2 Å². The number of esters is 1. The molecule has 1 saturated heterocycles. The number of pyridine rings is 1. The number of unbranched alkanes of at least 4 members (excludes halogenated alkanes) is 2. The zero-order valence-electron chi connectivity index (χ0n) is 66.6. The van der Waals surface area contributed by atoms with Gasteiger partial charge in [0, 0.05) is 70.6 Å². The predicted octanol–water partition coefficient (Wildman–Crippen LogP) is 10.7. The van der Waals surface area contributed by atoms with E-state index in [2.05, 4.69) is 102 Å². The quantitative estimate of drug-likeness (QED) is 0.0156. The number of benzene rings is 3. The Labute approximate surface area is 663 Å². The van der Waals surface area contributed by atoms with Crippen molar-refractivity contribution in [3.8, 4) is 22.6 Å². The number of hydrogen-bond acceptors (Lipinski definition) is 24. The SMILES string of the molecule is COc1ccc(COC(=O)c2nc(N(CCCCCn3cc(COCCOCCOCCNC(=O)COc4cccc5c4C(=O)N(C4CCC(=O)NC4=O)C5=O)nn3)c3cc(C)c(N=c4sc5ccccc5n4COCC[Si](C)(C)C)nn3)ccc2-c2cnn(CC34CC5(C)CC(C)(C3)CC(OCCN(C)C)(C5)C4)c2C)cc1. The lowest BCUT2D eigenvalue weighted by Gasteiger charge is -2.69. The van der Waals surface area contributed by atoms with E-state index in [-0.39, 0.29) is 90.2 Å². The van der Waals surface area contributed by atoms with Gasteiger partial charge in [0.25, 0.3) is 17.7 Å². The van der Waals surface area contributed by atoms with Gasteiger partial charge in [0.1, 0.15) is 42.4 Å². The van der Waals surface area contributed by atoms with Crippen molar-refractivity contribution in [3.05, 3.63) is 141 Å². The van der Waals surface area contributed by atoms with Crippen molar-refractivity contribution in [3.63, 3.8) is 0 Å². The topological polar surface area (TPSA) is 315 Å². The number of para-hydroxylation sites is 1. The number of nitrogens with zero attached hydrogens (tertiary/aromatic N) is 13. The Kier molecular flexibility index (Phi) is 25.6. The van der Waals surface area contributed by atoms with Crippen molar-refractivity contribution in [1.82, 2.24) is 65.0 Å². The van der Waals surface area contributed by atoms with Gasteiger partial charge in [-0.2, -0.15) is 10.1 Å². The molecular formula is C82H105N15O14SSi. The Morgan fingerprint density at radius 1 is 0.761 bits per heavy atom. The summed E-state index contributed by atoms with van der Waals surface area (Å²) in [5.74, 6) is -1.44. The molecule has 14 rings (SSSR count). The van der Waals surface area contributed by atoms with Gasteiger partial charge in [0.2, 0.25) is 11.8 Å². The number of piperidine rings is 1. The number of fused-ring (bicyclic) bond motifs is 2. The molecule has 3 atom stereocenters. The molecule has 6 aliphatic rings. The molecule has 5 aromatic heterocycles. The first-order valence-corrected chi connectivity index (χ1v) is 43.6. The predicted molar refractivity (Wildman–Crippen MR) is 426 cm³/mol. The number of carbonyl (C=O) groups excluding carboxylic acids is 6. The highest BCUT2D eigenvalue weighted by Crippen LogP contribution is 2.72. The highest BCUT2D eigenvalue weighted by Gasteiger charge is 2.66. The molecule has 0 radical (unpaired) electrons. The van der Waals surface area contributed by atoms with Crippen molar-refractivity contribution >= 4 is 82.6 Å². The summed E-state index contributed by atoms with van der Waals surface area (Å²) < 4.78 is 55.0. The molecule has 3 aromatic carbocycles. The van der Waals surface area contributed by atoms with Crippen molar-refractivity contribution in [2.75, 3.05) is 98.6 Å². The highest BCUT2D eigenvalue weighted by molar-refractivity contribution is 7.16. The second kappa shape index (κ2) is 35.5. The molecule has 3 unspecified atom stereocenters. The van der Waals surface area contributed by atoms with E-state index >= 15 is 4.79 Å². The molecule has 4 aliphatic carbocycles. The fourth-order valence-corrected chi connectivity index (χ4v) is 19.3. The molecule has 8 aromatic rings. The third-order valence-electron chi connectivity index (χ3n) is 21.8. The molecule has 31 heteroatoms. The number of carbonyl (C=O) groups is 6. The molecule has 602 valence electrons. The summed E-state index contributed by atoms with van der Waals surface area (Å²) in [5, 5.41) is 28.5. The lowest BCUT2D eigenvalue weighted by Crippen LogP contribution is -2.64. The average Bonchev–Trinajstić information content (AvgIpc) is 1.02. The summed E-state index contributed by atoms with van der Waals surface area (Å²) in [5.41, 5.74) is 5.94. The monoisotopic (exact) mass is 1580 g/mol. The van der Waals surface area contributed by atoms with Gasteiger partial charge in [0.05, 0.1) is 92.7 Å². The number of likely N-dealkylation sites (N-methyl/N-ethyl adjacent to an activating group) is 1. The van der Waals surface area contributed by atoms with Gasteiger partial charge in [-0.15, -0.1) is 15.3 Å². The summed E-state index contributed by atoms with van der Waals surface area (Å²) in [4.78, 5) is 94.7. The Balaban J connectivity index is 0.642. The first kappa shape index (κ1) is 81.5. The van der Waals surface area contributed by atoms with E-state index in [0.717, 1.165) is 106 Å². The number of rotatable bonds is 40. The van der Waals surface area contributed by atoms with E-state index in [9.17, 15) is 24.0 Å². The van der Waals surface area contributed by atoms with Crippen LogP contribution in [0.2, 0.25) is 25.7 Å². The maximum absolute atomic E-state index is 15.0. The molecule has 7 heterocycles. The first-order valence-electron chi connectivity index (χ1n) is 39.1. The lowest BCUT2D eigenvalue weighted by atomic mass is 9.39. The minimum absolute atomic E-state index is 0.00719. The van der Waals surface area contributed by atoms with Crippen LogP contribution in [0.25, 0.3) is 21.3 Å². The van der Waals surface area contributed by atoms with Gasteiger partial charge in [-0.3, -0.25) is 48.1 Å². The molecule has 2 aliphatic heterocycles. The summed E-state index contributed by atoms with van der Waals surface area (Å²) in [6.07, 6.45) is 12.6. The third kappa shape index (κ3) is 19.8. The second-order valence-electron chi connectivity index (χ2n) is 33.0. The molecule has 113 heavy (non-hydrogen) atoms. The number of methoxy groups -OCH3 is 1. The van der Waals surface area contributed by atoms with Crippen LogP contribution in [0.3, 0.4) is 0 Å². The summed E-state index contributed by atoms with van der Waals surface area (Å²) in [6, 6.07) is 26.0. The zero-order valence-corrected chi connectivity index (χ0v) is 68.4. The summed E-state index contributed by atoms with van der Waals surface area (Å²) >= 11 is 1.58. The largest absolute Gasteiger partial charge is 0.497 e. The van der Waals surface area contributed by atoms with Crippen molar-refractivity contribution in [1.29, 1.82) is 0 Å². The van der Waals surface area contributed by atoms with Crippen molar-refractivity contribution in [2.45, 2.75) is 169 Å². The molecule has 5 fully saturated rings. The Morgan fingerprint density at radius 3 is 2.28 bits per heavy atom. The Morgan fingerprint density at radius 2 is 1.53 bits per heavy atom. The van der Waals surface area contributed by atoms with Crippen LogP contribution in [-0.2, 0) is 75.8 Å². The van der Waals surface area contributed by atoms with Crippen LogP contribution < -0.4 is 29.8 Å². The second-order valence-corrected chi connectivity index (χ2v) is 39.6. The minimum Gasteiger partial charge on any atom is -0.497 e. The molecular weight excluding hydrogens is 1480 g/mol. The van der Waals surface area contributed by atoms with E-state index in [1.165, 1.54) is 24.6 Å². The lowest BCUT2D eigenvalue weighted by molar-refractivity contribution is -0.248. The van der Waals surface area contributed by atoms with Gasteiger partial charge >= 0.3 is 5.97 Å². The normalized spacial score (nSPS) is 20.8. The van der Waals surface area contributed by atoms with Crippen LogP contribution in [0.5, 0.6) is 11.5 Å². The van der Waals surface area contributed by atoms with Gasteiger partial charge in [-0.1, -0.05) is 80.4 Å². The van der Waals surface area contributed by atoms with Crippen LogP contribution in [0.15, 0.2) is 102 Å². The van der Waals surface area contributed by atoms with E-state index in [4.69, 9.17) is 63.2 Å². The number of ether oxygens (including phenoxy) is 8. The number of imide groups is 2. The molecule has 5 amide bonds. The smallest absolute Gasteiger partial charge is 0.358 e. The van der Waals surface area contributed by atoms with Gasteiger partial charge in [-0.05, 0) is 180 Å². The number of thiazole rings is 1. The van der Waals surface area contributed by atoms with Crippen molar-refractivity contribution < 1.29 is 66.7 Å².